The quantitative estimate of drug-likeness (QED) is 0.386. The number of amides is 2. The number of likely N-dealkylation sites (N-methyl/N-ethyl adjacent to an activating group) is 1. The van der Waals surface area contributed by atoms with Crippen molar-refractivity contribution in [3.63, 3.8) is 0 Å². The Hall–Kier alpha value is -3.96. The Balaban J connectivity index is 1.29. The Labute approximate surface area is 235 Å². The fourth-order valence-electron chi connectivity index (χ4n) is 5.83. The lowest BCUT2D eigenvalue weighted by atomic mass is 9.99. The maximum Gasteiger partial charge on any atom is 0.263 e. The maximum absolute atomic E-state index is 13.1. The summed E-state index contributed by atoms with van der Waals surface area (Å²) in [5.41, 5.74) is 3.63. The Bertz CT molecular complexity index is 1660. The van der Waals surface area contributed by atoms with Gasteiger partial charge in [0.15, 0.2) is 0 Å². The van der Waals surface area contributed by atoms with E-state index in [-0.39, 0.29) is 41.4 Å². The van der Waals surface area contributed by atoms with Crippen LogP contribution < -0.4 is 10.9 Å². The molecule has 4 aromatic rings. The number of fused-ring (bicyclic) bond motifs is 7. The first-order valence-electron chi connectivity index (χ1n) is 13.4. The van der Waals surface area contributed by atoms with Crippen molar-refractivity contribution in [3.05, 3.63) is 80.6 Å². The van der Waals surface area contributed by atoms with Crippen molar-refractivity contribution >= 4 is 34.3 Å². The predicted octanol–water partition coefficient (Wildman–Crippen LogP) is 2.20. The second-order valence-corrected chi connectivity index (χ2v) is 11.2. The molecule has 2 aliphatic heterocycles. The van der Waals surface area contributed by atoms with Gasteiger partial charge in [-0.15, -0.1) is 5.10 Å². The Morgan fingerprint density at radius 1 is 1.15 bits per heavy atom. The standard InChI is InChI=1S/C28H31ClN8O3/c1-17-22-11-19(29)5-6-23(22)31-24(17)15-35-12-18-10-26(38)30-7-9-34(2)27(39)21-4-3-8-36(28(21)40)13-20-14-37(33-32-20)25(18)16-35/h3-6,8,11,14,18,25,31H,7,9-10,12-13,15-16H2,1-2H3,(H,30,38)/t18-,25+/m1/s1. The first-order chi connectivity index (χ1) is 19.3. The molecule has 40 heavy (non-hydrogen) atoms. The number of likely N-dealkylation sites (tertiary alicyclic amines) is 1. The Morgan fingerprint density at radius 2 is 2.00 bits per heavy atom. The number of carbonyl (C=O) groups is 2. The van der Waals surface area contributed by atoms with E-state index in [0.29, 0.717) is 49.9 Å². The topological polar surface area (TPSA) is 121 Å². The molecule has 1 aromatic carbocycles. The van der Waals surface area contributed by atoms with Gasteiger partial charge < -0.3 is 19.8 Å². The van der Waals surface area contributed by atoms with Crippen LogP contribution in [0.15, 0.2) is 47.5 Å². The zero-order chi connectivity index (χ0) is 28.0. The highest BCUT2D eigenvalue weighted by atomic mass is 35.5. The first-order valence-corrected chi connectivity index (χ1v) is 13.8. The number of carbonyl (C=O) groups excluding carboxylic acids is 2. The fraction of sp³-hybridized carbons (Fsp3) is 0.393. The molecule has 0 saturated carbocycles. The molecule has 0 unspecified atom stereocenters. The fourth-order valence-corrected chi connectivity index (χ4v) is 6.01. The number of hydrogen-bond acceptors (Lipinski definition) is 6. The predicted molar refractivity (Wildman–Crippen MR) is 150 cm³/mol. The molecule has 1 fully saturated rings. The summed E-state index contributed by atoms with van der Waals surface area (Å²) in [6.45, 7) is 4.99. The number of nitrogens with zero attached hydrogens (tertiary/aromatic N) is 6. The van der Waals surface area contributed by atoms with Gasteiger partial charge in [-0.2, -0.15) is 0 Å². The Kier molecular flexibility index (Phi) is 6.93. The van der Waals surface area contributed by atoms with Crippen LogP contribution >= 0.6 is 11.6 Å². The molecule has 1 saturated heterocycles. The number of hydrogen-bond donors (Lipinski definition) is 2. The van der Waals surface area contributed by atoms with E-state index >= 15 is 0 Å². The molecule has 0 radical (unpaired) electrons. The smallest absolute Gasteiger partial charge is 0.263 e. The van der Waals surface area contributed by atoms with Gasteiger partial charge in [-0.1, -0.05) is 16.8 Å². The van der Waals surface area contributed by atoms with E-state index in [9.17, 15) is 14.4 Å². The van der Waals surface area contributed by atoms with Gasteiger partial charge in [-0.3, -0.25) is 19.3 Å². The SMILES string of the molecule is Cc1c(CN2C[C@H]3CC(=O)NCCN(C)C(=O)c4cccn(c4=O)Cc4cn(nn4)[C@H]3C2)[nH]c2ccc(Cl)cc12. The second-order valence-electron chi connectivity index (χ2n) is 10.8. The van der Waals surface area contributed by atoms with Crippen LogP contribution in [0.2, 0.25) is 5.02 Å². The summed E-state index contributed by atoms with van der Waals surface area (Å²) >= 11 is 6.23. The summed E-state index contributed by atoms with van der Waals surface area (Å²) in [5, 5.41) is 13.5. The highest BCUT2D eigenvalue weighted by molar-refractivity contribution is 6.31. The number of aromatic amines is 1. The van der Waals surface area contributed by atoms with Gasteiger partial charge in [-0.05, 0) is 42.8 Å². The van der Waals surface area contributed by atoms with Crippen molar-refractivity contribution < 1.29 is 9.59 Å². The number of benzene rings is 1. The van der Waals surface area contributed by atoms with Gasteiger partial charge in [0.1, 0.15) is 11.3 Å². The summed E-state index contributed by atoms with van der Waals surface area (Å²) in [7, 11) is 1.63. The zero-order valence-electron chi connectivity index (χ0n) is 22.4. The second kappa shape index (κ2) is 10.5. The molecule has 208 valence electrons. The summed E-state index contributed by atoms with van der Waals surface area (Å²) in [5.74, 6) is -0.457. The molecule has 6 rings (SSSR count). The average Bonchev–Trinajstić information content (AvgIpc) is 3.62. The molecule has 11 nitrogen and oxygen atoms in total. The van der Waals surface area contributed by atoms with Crippen molar-refractivity contribution in [1.29, 1.82) is 0 Å². The molecule has 3 aromatic heterocycles. The number of halogens is 1. The van der Waals surface area contributed by atoms with Crippen LogP contribution in [0, 0.1) is 12.8 Å². The lowest BCUT2D eigenvalue weighted by molar-refractivity contribution is -0.122. The third-order valence-electron chi connectivity index (χ3n) is 8.03. The summed E-state index contributed by atoms with van der Waals surface area (Å²) in [4.78, 5) is 46.3. The molecule has 2 aliphatic rings. The molecule has 0 spiro atoms. The van der Waals surface area contributed by atoms with E-state index in [1.54, 1.807) is 19.3 Å². The Morgan fingerprint density at radius 3 is 2.85 bits per heavy atom. The number of rotatable bonds is 2. The minimum atomic E-state index is -0.384. The van der Waals surface area contributed by atoms with Gasteiger partial charge >= 0.3 is 0 Å². The molecule has 2 amide bonds. The number of H-pyrrole nitrogens is 1. The third-order valence-corrected chi connectivity index (χ3v) is 8.27. The van der Waals surface area contributed by atoms with Crippen molar-refractivity contribution in [1.82, 2.24) is 39.7 Å². The van der Waals surface area contributed by atoms with Crippen molar-refractivity contribution in [3.8, 4) is 0 Å². The van der Waals surface area contributed by atoms with Gasteiger partial charge in [0.05, 0.1) is 18.8 Å². The summed E-state index contributed by atoms with van der Waals surface area (Å²) in [6, 6.07) is 9.00. The normalized spacial score (nSPS) is 20.6. The van der Waals surface area contributed by atoms with Gasteiger partial charge in [0.25, 0.3) is 11.5 Å². The van der Waals surface area contributed by atoms with Gasteiger partial charge in [0, 0.05) is 79.9 Å². The molecular weight excluding hydrogens is 532 g/mol. The number of nitrogens with one attached hydrogen (secondary N) is 2. The summed E-state index contributed by atoms with van der Waals surface area (Å²) in [6.07, 6.45) is 3.82. The van der Waals surface area contributed by atoms with Crippen molar-refractivity contribution in [2.24, 2.45) is 5.92 Å². The highest BCUT2D eigenvalue weighted by Crippen LogP contribution is 2.33. The van der Waals surface area contributed by atoms with Crippen LogP contribution in [0.4, 0.5) is 0 Å². The molecule has 12 heteroatoms. The monoisotopic (exact) mass is 562 g/mol. The number of pyridine rings is 1. The first kappa shape index (κ1) is 26.3. The molecule has 2 atom stereocenters. The number of aromatic nitrogens is 5. The molecule has 5 heterocycles. The van der Waals surface area contributed by atoms with Crippen LogP contribution in [-0.2, 0) is 17.9 Å². The number of aryl methyl sites for hydroxylation is 1. The van der Waals surface area contributed by atoms with Crippen LogP contribution in [0.3, 0.4) is 0 Å². The third kappa shape index (κ3) is 5.02. The van der Waals surface area contributed by atoms with E-state index in [0.717, 1.165) is 22.2 Å². The molecular formula is C28H31ClN8O3. The van der Waals surface area contributed by atoms with Crippen molar-refractivity contribution in [2.75, 3.05) is 33.2 Å². The van der Waals surface area contributed by atoms with E-state index in [1.165, 1.54) is 15.5 Å². The minimum Gasteiger partial charge on any atom is -0.357 e. The lowest BCUT2D eigenvalue weighted by Gasteiger charge is -2.20. The van der Waals surface area contributed by atoms with Crippen LogP contribution in [0.25, 0.3) is 10.9 Å². The molecule has 0 aliphatic carbocycles. The van der Waals surface area contributed by atoms with Crippen LogP contribution in [0.1, 0.15) is 39.8 Å². The highest BCUT2D eigenvalue weighted by Gasteiger charge is 2.36. The van der Waals surface area contributed by atoms with E-state index in [4.69, 9.17) is 11.6 Å². The van der Waals surface area contributed by atoms with E-state index < -0.39 is 0 Å². The van der Waals surface area contributed by atoms with E-state index in [2.05, 4.69) is 32.4 Å². The van der Waals surface area contributed by atoms with Crippen LogP contribution in [-0.4, -0.2) is 79.4 Å². The molecule has 4 bridgehead atoms. The van der Waals surface area contributed by atoms with Gasteiger partial charge in [0.2, 0.25) is 5.91 Å². The lowest BCUT2D eigenvalue weighted by Crippen LogP contribution is -2.39. The zero-order valence-corrected chi connectivity index (χ0v) is 23.2. The summed E-state index contributed by atoms with van der Waals surface area (Å²) < 4.78 is 3.30. The largest absolute Gasteiger partial charge is 0.357 e. The average molecular weight is 563 g/mol. The maximum atomic E-state index is 13.1. The molecule has 2 N–H and O–H groups in total. The van der Waals surface area contributed by atoms with Crippen molar-refractivity contribution in [2.45, 2.75) is 32.5 Å². The van der Waals surface area contributed by atoms with Gasteiger partial charge in [-0.25, -0.2) is 4.68 Å². The van der Waals surface area contributed by atoms with Crippen LogP contribution in [0.5, 0.6) is 0 Å². The van der Waals surface area contributed by atoms with E-state index in [1.807, 2.05) is 29.1 Å². The minimum absolute atomic E-state index is 0.00648.